The quantitative estimate of drug-likeness (QED) is 0.442. The van der Waals surface area contributed by atoms with E-state index in [0.29, 0.717) is 12.8 Å². The van der Waals surface area contributed by atoms with Crippen LogP contribution in [0.5, 0.6) is 0 Å². The standard InChI is InChI=1S/C20H26ClN5O5/c1-4-5-9-25-17(22)16(18(27)23-20(25)29)24(10-8-12(2)3)19(28)14-11-13(26(30)31)6-7-15(14)21/h6-7,11-12H,4-5,8-10,22H2,1-3H3,(H,23,27,29). The topological polar surface area (TPSA) is 144 Å². The molecule has 2 aromatic rings. The average Bonchev–Trinajstić information content (AvgIpc) is 2.69. The van der Waals surface area contributed by atoms with Crippen LogP contribution in [0.1, 0.15) is 50.4 Å². The maximum Gasteiger partial charge on any atom is 0.330 e. The number of aromatic nitrogens is 2. The fourth-order valence-corrected chi connectivity index (χ4v) is 3.21. The van der Waals surface area contributed by atoms with Gasteiger partial charge in [-0.15, -0.1) is 0 Å². The number of nitrogens with one attached hydrogen (secondary N) is 1. The number of hydrogen-bond acceptors (Lipinski definition) is 6. The lowest BCUT2D eigenvalue weighted by Crippen LogP contribution is -2.42. The second kappa shape index (κ2) is 10.3. The van der Waals surface area contributed by atoms with Crippen LogP contribution in [0.15, 0.2) is 27.8 Å². The maximum absolute atomic E-state index is 13.4. The average molecular weight is 452 g/mol. The van der Waals surface area contributed by atoms with Crippen LogP contribution in [0, 0.1) is 16.0 Å². The van der Waals surface area contributed by atoms with Gasteiger partial charge in [0, 0.05) is 25.2 Å². The minimum atomic E-state index is -0.811. The van der Waals surface area contributed by atoms with Gasteiger partial charge in [-0.25, -0.2) is 4.79 Å². The number of carbonyl (C=O) groups is 1. The molecule has 0 bridgehead atoms. The number of hydrogen-bond donors (Lipinski definition) is 2. The summed E-state index contributed by atoms with van der Waals surface area (Å²) in [5, 5.41) is 11.2. The zero-order chi connectivity index (χ0) is 23.3. The largest absolute Gasteiger partial charge is 0.383 e. The molecule has 0 radical (unpaired) electrons. The van der Waals surface area contributed by atoms with Crippen molar-refractivity contribution in [2.45, 2.75) is 46.6 Å². The van der Waals surface area contributed by atoms with E-state index in [9.17, 15) is 24.5 Å². The molecule has 0 fully saturated rings. The van der Waals surface area contributed by atoms with Crippen molar-refractivity contribution in [1.29, 1.82) is 0 Å². The van der Waals surface area contributed by atoms with Crippen LogP contribution < -0.4 is 21.9 Å². The Hall–Kier alpha value is -3.14. The first-order valence-corrected chi connectivity index (χ1v) is 10.3. The molecule has 31 heavy (non-hydrogen) atoms. The van der Waals surface area contributed by atoms with Crippen molar-refractivity contribution >= 4 is 34.7 Å². The Balaban J connectivity index is 2.67. The maximum atomic E-state index is 13.4. The fourth-order valence-electron chi connectivity index (χ4n) is 3.01. The molecule has 0 atom stereocenters. The van der Waals surface area contributed by atoms with Gasteiger partial charge in [-0.1, -0.05) is 38.8 Å². The molecule has 0 unspecified atom stereocenters. The molecule has 2 rings (SSSR count). The van der Waals surface area contributed by atoms with Crippen molar-refractivity contribution in [3.63, 3.8) is 0 Å². The molecule has 1 aromatic heterocycles. The van der Waals surface area contributed by atoms with E-state index in [-0.39, 0.29) is 46.8 Å². The number of nitro groups is 1. The number of carbonyl (C=O) groups excluding carboxylic acids is 1. The molecule has 3 N–H and O–H groups in total. The molecule has 0 saturated carbocycles. The van der Waals surface area contributed by atoms with Gasteiger partial charge < -0.3 is 10.6 Å². The van der Waals surface area contributed by atoms with Gasteiger partial charge in [0.2, 0.25) is 0 Å². The first-order valence-electron chi connectivity index (χ1n) is 9.96. The van der Waals surface area contributed by atoms with Crippen LogP contribution in [0.2, 0.25) is 5.02 Å². The Morgan fingerprint density at radius 2 is 2.03 bits per heavy atom. The number of nitro benzene ring substituents is 1. The van der Waals surface area contributed by atoms with E-state index in [4.69, 9.17) is 17.3 Å². The first-order chi connectivity index (χ1) is 14.6. The third kappa shape index (κ3) is 5.52. The van der Waals surface area contributed by atoms with Gasteiger partial charge in [0.15, 0.2) is 5.69 Å². The van der Waals surface area contributed by atoms with Gasteiger partial charge in [-0.05, 0) is 24.8 Å². The highest BCUT2D eigenvalue weighted by molar-refractivity contribution is 6.34. The summed E-state index contributed by atoms with van der Waals surface area (Å²) < 4.78 is 1.21. The summed E-state index contributed by atoms with van der Waals surface area (Å²) in [5.41, 5.74) is 4.07. The number of aromatic amines is 1. The second-order valence-electron chi connectivity index (χ2n) is 7.56. The van der Waals surface area contributed by atoms with E-state index in [0.717, 1.165) is 17.4 Å². The molecule has 1 aromatic carbocycles. The zero-order valence-electron chi connectivity index (χ0n) is 17.7. The number of nitrogen functional groups attached to an aromatic ring is 1. The summed E-state index contributed by atoms with van der Waals surface area (Å²) in [5.74, 6) is -0.671. The Bertz CT molecular complexity index is 1090. The molecule has 0 aliphatic carbocycles. The van der Waals surface area contributed by atoms with Crippen LogP contribution in [0.3, 0.4) is 0 Å². The predicted octanol–water partition coefficient (Wildman–Crippen LogP) is 3.17. The number of non-ortho nitro benzene ring substituents is 1. The van der Waals surface area contributed by atoms with Crippen molar-refractivity contribution in [2.24, 2.45) is 5.92 Å². The van der Waals surface area contributed by atoms with E-state index in [2.05, 4.69) is 4.98 Å². The number of halogens is 1. The number of amides is 1. The third-order valence-electron chi connectivity index (χ3n) is 4.79. The van der Waals surface area contributed by atoms with Crippen molar-refractivity contribution in [3.05, 3.63) is 59.7 Å². The Morgan fingerprint density at radius 3 is 2.61 bits per heavy atom. The van der Waals surface area contributed by atoms with Crippen LogP contribution in [0.25, 0.3) is 0 Å². The number of unbranched alkanes of at least 4 members (excludes halogenated alkanes) is 1. The van der Waals surface area contributed by atoms with Gasteiger partial charge in [0.1, 0.15) is 5.82 Å². The predicted molar refractivity (Wildman–Crippen MR) is 120 cm³/mol. The van der Waals surface area contributed by atoms with E-state index in [1.165, 1.54) is 16.7 Å². The first kappa shape index (κ1) is 24.1. The van der Waals surface area contributed by atoms with E-state index < -0.39 is 22.1 Å². The van der Waals surface area contributed by atoms with Gasteiger partial charge in [0.05, 0.1) is 15.5 Å². The molecule has 10 nitrogen and oxygen atoms in total. The lowest BCUT2D eigenvalue weighted by molar-refractivity contribution is -0.384. The summed E-state index contributed by atoms with van der Waals surface area (Å²) in [6, 6.07) is 3.50. The molecule has 0 aliphatic rings. The van der Waals surface area contributed by atoms with Gasteiger partial charge >= 0.3 is 5.69 Å². The summed E-state index contributed by atoms with van der Waals surface area (Å²) in [4.78, 5) is 52.2. The number of nitrogens with zero attached hydrogens (tertiary/aromatic N) is 3. The molecule has 1 heterocycles. The minimum Gasteiger partial charge on any atom is -0.383 e. The minimum absolute atomic E-state index is 0.000508. The van der Waals surface area contributed by atoms with E-state index in [1.54, 1.807) is 0 Å². The highest BCUT2D eigenvalue weighted by atomic mass is 35.5. The van der Waals surface area contributed by atoms with Gasteiger partial charge in [0.25, 0.3) is 17.2 Å². The highest BCUT2D eigenvalue weighted by Gasteiger charge is 2.28. The Morgan fingerprint density at radius 1 is 1.35 bits per heavy atom. The summed E-state index contributed by atoms with van der Waals surface area (Å²) >= 11 is 6.15. The lowest BCUT2D eigenvalue weighted by Gasteiger charge is -2.25. The van der Waals surface area contributed by atoms with E-state index >= 15 is 0 Å². The molecule has 0 aliphatic heterocycles. The summed E-state index contributed by atoms with van der Waals surface area (Å²) in [6.07, 6.45) is 1.96. The Labute approximate surface area is 183 Å². The van der Waals surface area contributed by atoms with Crippen molar-refractivity contribution in [1.82, 2.24) is 9.55 Å². The number of nitrogens with two attached hydrogens (primary N) is 1. The van der Waals surface area contributed by atoms with Crippen LogP contribution in [0.4, 0.5) is 17.2 Å². The molecule has 168 valence electrons. The molecule has 0 spiro atoms. The van der Waals surface area contributed by atoms with Crippen LogP contribution >= 0.6 is 11.6 Å². The molecule has 1 amide bonds. The fraction of sp³-hybridized carbons (Fsp3) is 0.450. The van der Waals surface area contributed by atoms with Crippen molar-refractivity contribution in [3.8, 4) is 0 Å². The lowest BCUT2D eigenvalue weighted by atomic mass is 10.1. The third-order valence-corrected chi connectivity index (χ3v) is 5.12. The molecular formula is C20H26ClN5O5. The molecule has 11 heteroatoms. The molecular weight excluding hydrogens is 426 g/mol. The number of anilines is 2. The SMILES string of the molecule is CCCCn1c(N)c(N(CCC(C)C)C(=O)c2cc([N+](=O)[O-])ccc2Cl)c(=O)[nH]c1=O. The molecule has 0 saturated heterocycles. The van der Waals surface area contributed by atoms with Crippen LogP contribution in [-0.4, -0.2) is 26.9 Å². The second-order valence-corrected chi connectivity index (χ2v) is 7.97. The van der Waals surface area contributed by atoms with Crippen LogP contribution in [-0.2, 0) is 6.54 Å². The van der Waals surface area contributed by atoms with Gasteiger partial charge in [-0.2, -0.15) is 0 Å². The number of H-pyrrole nitrogens is 1. The van der Waals surface area contributed by atoms with Crippen molar-refractivity contribution in [2.75, 3.05) is 17.2 Å². The van der Waals surface area contributed by atoms with Gasteiger partial charge in [-0.3, -0.25) is 29.3 Å². The zero-order valence-corrected chi connectivity index (χ0v) is 18.4. The number of benzene rings is 1. The Kier molecular flexibility index (Phi) is 7.98. The number of rotatable bonds is 9. The monoisotopic (exact) mass is 451 g/mol. The normalized spacial score (nSPS) is 11.0. The summed E-state index contributed by atoms with van der Waals surface area (Å²) in [7, 11) is 0. The van der Waals surface area contributed by atoms with Crippen molar-refractivity contribution < 1.29 is 9.72 Å². The summed E-state index contributed by atoms with van der Waals surface area (Å²) in [6.45, 7) is 6.21. The smallest absolute Gasteiger partial charge is 0.330 e. The highest BCUT2D eigenvalue weighted by Crippen LogP contribution is 2.27. The van der Waals surface area contributed by atoms with E-state index in [1.807, 2.05) is 20.8 Å².